The van der Waals surface area contributed by atoms with Crippen LogP contribution in [0.3, 0.4) is 0 Å². The average Bonchev–Trinajstić information content (AvgIpc) is 2.03. The Kier molecular flexibility index (Phi) is 2.54. The monoisotopic (exact) mass is 155 g/mol. The number of nitrogens with two attached hydrogens (primary N) is 1. The topological polar surface area (TPSA) is 44.5 Å². The van der Waals surface area contributed by atoms with Crippen LogP contribution < -0.4 is 5.73 Å². The van der Waals surface area contributed by atoms with E-state index in [0.717, 1.165) is 17.9 Å². The summed E-state index contributed by atoms with van der Waals surface area (Å²) in [5.41, 5.74) is 6.43. The molecule has 1 unspecified atom stereocenters. The van der Waals surface area contributed by atoms with Crippen molar-refractivity contribution in [2.75, 3.05) is 14.2 Å². The maximum atomic E-state index is 5.63. The molecule has 0 heterocycles. The molecule has 1 aliphatic carbocycles. The van der Waals surface area contributed by atoms with Gasteiger partial charge in [0.2, 0.25) is 0 Å². The Morgan fingerprint density at radius 2 is 2.27 bits per heavy atom. The molecule has 0 aromatic carbocycles. The van der Waals surface area contributed by atoms with Crippen molar-refractivity contribution >= 4 is 0 Å². The standard InChI is InChI=1S/C8H13NO2/c1-10-7-3-6(9)4-8(5-7)11-2/h3,5,8H,4,9H2,1-2H3. The van der Waals surface area contributed by atoms with Gasteiger partial charge in [0.15, 0.2) is 0 Å². The van der Waals surface area contributed by atoms with Crippen molar-refractivity contribution in [2.45, 2.75) is 12.5 Å². The normalized spacial score (nSPS) is 24.0. The molecule has 2 N–H and O–H groups in total. The maximum absolute atomic E-state index is 5.63. The van der Waals surface area contributed by atoms with E-state index in [0.29, 0.717) is 0 Å². The highest BCUT2D eigenvalue weighted by Gasteiger charge is 2.12. The van der Waals surface area contributed by atoms with Gasteiger partial charge in [-0.05, 0) is 12.2 Å². The summed E-state index contributed by atoms with van der Waals surface area (Å²) < 4.78 is 10.1. The van der Waals surface area contributed by atoms with Crippen molar-refractivity contribution in [1.29, 1.82) is 0 Å². The van der Waals surface area contributed by atoms with Crippen molar-refractivity contribution in [3.8, 4) is 0 Å². The van der Waals surface area contributed by atoms with Gasteiger partial charge in [-0.25, -0.2) is 0 Å². The van der Waals surface area contributed by atoms with Gasteiger partial charge in [0.05, 0.1) is 13.2 Å². The fourth-order valence-corrected chi connectivity index (χ4v) is 1.04. The van der Waals surface area contributed by atoms with Crippen LogP contribution in [0, 0.1) is 0 Å². The van der Waals surface area contributed by atoms with E-state index in [-0.39, 0.29) is 6.10 Å². The lowest BCUT2D eigenvalue weighted by Crippen LogP contribution is -2.17. The van der Waals surface area contributed by atoms with Gasteiger partial charge < -0.3 is 15.2 Å². The number of allylic oxidation sites excluding steroid dienone is 1. The maximum Gasteiger partial charge on any atom is 0.119 e. The summed E-state index contributed by atoms with van der Waals surface area (Å²) >= 11 is 0. The van der Waals surface area contributed by atoms with Crippen LogP contribution in [0.25, 0.3) is 0 Å². The van der Waals surface area contributed by atoms with Gasteiger partial charge in [0.25, 0.3) is 0 Å². The first-order valence-electron chi connectivity index (χ1n) is 3.51. The molecule has 0 saturated carbocycles. The van der Waals surface area contributed by atoms with E-state index in [2.05, 4.69) is 0 Å². The Hall–Kier alpha value is -0.960. The molecule has 0 amide bonds. The lowest BCUT2D eigenvalue weighted by molar-refractivity contribution is 0.133. The molecule has 1 atom stereocenters. The second-order valence-electron chi connectivity index (χ2n) is 2.47. The van der Waals surface area contributed by atoms with E-state index in [1.807, 2.05) is 12.2 Å². The minimum Gasteiger partial charge on any atom is -0.497 e. The lowest BCUT2D eigenvalue weighted by Gasteiger charge is -2.17. The van der Waals surface area contributed by atoms with Crippen molar-refractivity contribution in [3.63, 3.8) is 0 Å². The van der Waals surface area contributed by atoms with E-state index in [1.165, 1.54) is 0 Å². The second-order valence-corrected chi connectivity index (χ2v) is 2.47. The molecule has 0 aromatic heterocycles. The zero-order valence-electron chi connectivity index (χ0n) is 6.83. The summed E-state index contributed by atoms with van der Waals surface area (Å²) in [4.78, 5) is 0. The summed E-state index contributed by atoms with van der Waals surface area (Å²) in [5.74, 6) is 0.778. The summed E-state index contributed by atoms with van der Waals surface area (Å²) in [6, 6.07) is 0. The zero-order valence-corrected chi connectivity index (χ0v) is 6.83. The van der Waals surface area contributed by atoms with E-state index in [4.69, 9.17) is 15.2 Å². The van der Waals surface area contributed by atoms with Gasteiger partial charge in [-0.15, -0.1) is 0 Å². The van der Waals surface area contributed by atoms with Crippen LogP contribution in [-0.4, -0.2) is 20.3 Å². The van der Waals surface area contributed by atoms with Crippen LogP contribution in [0.1, 0.15) is 6.42 Å². The largest absolute Gasteiger partial charge is 0.497 e. The van der Waals surface area contributed by atoms with Crippen molar-refractivity contribution < 1.29 is 9.47 Å². The molecule has 0 aromatic rings. The zero-order chi connectivity index (χ0) is 8.27. The number of rotatable bonds is 2. The summed E-state index contributed by atoms with van der Waals surface area (Å²) in [7, 11) is 3.28. The van der Waals surface area contributed by atoms with Gasteiger partial charge in [-0.3, -0.25) is 0 Å². The van der Waals surface area contributed by atoms with E-state index in [9.17, 15) is 0 Å². The van der Waals surface area contributed by atoms with Crippen molar-refractivity contribution in [3.05, 3.63) is 23.6 Å². The van der Waals surface area contributed by atoms with Crippen LogP contribution in [0.15, 0.2) is 23.6 Å². The molecule has 0 fully saturated rings. The van der Waals surface area contributed by atoms with Crippen LogP contribution in [0.5, 0.6) is 0 Å². The second kappa shape index (κ2) is 3.44. The van der Waals surface area contributed by atoms with Crippen molar-refractivity contribution in [1.82, 2.24) is 0 Å². The van der Waals surface area contributed by atoms with E-state index in [1.54, 1.807) is 14.2 Å². The first-order valence-corrected chi connectivity index (χ1v) is 3.51. The van der Waals surface area contributed by atoms with E-state index < -0.39 is 0 Å². The first kappa shape index (κ1) is 8.14. The highest BCUT2D eigenvalue weighted by molar-refractivity contribution is 5.24. The summed E-state index contributed by atoms with van der Waals surface area (Å²) in [5, 5.41) is 0. The summed E-state index contributed by atoms with van der Waals surface area (Å²) in [6.07, 6.45) is 4.55. The van der Waals surface area contributed by atoms with Crippen molar-refractivity contribution in [2.24, 2.45) is 5.73 Å². The van der Waals surface area contributed by atoms with Crippen LogP contribution in [0.2, 0.25) is 0 Å². The van der Waals surface area contributed by atoms with Gasteiger partial charge in [0, 0.05) is 19.2 Å². The smallest absolute Gasteiger partial charge is 0.119 e. The fourth-order valence-electron chi connectivity index (χ4n) is 1.04. The summed E-state index contributed by atoms with van der Waals surface area (Å²) in [6.45, 7) is 0. The van der Waals surface area contributed by atoms with Gasteiger partial charge >= 0.3 is 0 Å². The molecule has 0 radical (unpaired) electrons. The number of ether oxygens (including phenoxy) is 2. The van der Waals surface area contributed by atoms with Gasteiger partial charge in [0.1, 0.15) is 5.76 Å². The lowest BCUT2D eigenvalue weighted by atomic mass is 10.1. The third-order valence-corrected chi connectivity index (χ3v) is 1.65. The van der Waals surface area contributed by atoms with Crippen LogP contribution in [0.4, 0.5) is 0 Å². The predicted octanol–water partition coefficient (Wildman–Crippen LogP) is 0.778. The Morgan fingerprint density at radius 1 is 1.55 bits per heavy atom. The molecule has 1 aliphatic rings. The number of hydrogen-bond donors (Lipinski definition) is 1. The van der Waals surface area contributed by atoms with E-state index >= 15 is 0 Å². The first-order chi connectivity index (χ1) is 5.26. The molecule has 0 aliphatic heterocycles. The molecule has 0 bridgehead atoms. The Bertz CT molecular complexity index is 196. The third kappa shape index (κ3) is 1.98. The molecule has 62 valence electrons. The molecule has 0 saturated heterocycles. The van der Waals surface area contributed by atoms with Crippen LogP contribution >= 0.6 is 0 Å². The SMILES string of the molecule is COC1=CC(OC)CC(N)=C1. The molecular formula is C8H13NO2. The number of hydrogen-bond acceptors (Lipinski definition) is 3. The quantitative estimate of drug-likeness (QED) is 0.640. The molecular weight excluding hydrogens is 142 g/mol. The molecule has 11 heavy (non-hydrogen) atoms. The molecule has 1 rings (SSSR count). The number of methoxy groups -OCH3 is 2. The highest BCUT2D eigenvalue weighted by atomic mass is 16.5. The third-order valence-electron chi connectivity index (χ3n) is 1.65. The van der Waals surface area contributed by atoms with Crippen LogP contribution in [-0.2, 0) is 9.47 Å². The Morgan fingerprint density at radius 3 is 2.82 bits per heavy atom. The highest BCUT2D eigenvalue weighted by Crippen LogP contribution is 2.16. The molecule has 3 heteroatoms. The fraction of sp³-hybridized carbons (Fsp3) is 0.500. The molecule has 3 nitrogen and oxygen atoms in total. The Balaban J connectivity index is 2.69. The van der Waals surface area contributed by atoms with Gasteiger partial charge in [-0.2, -0.15) is 0 Å². The predicted molar refractivity (Wildman–Crippen MR) is 42.8 cm³/mol. The minimum absolute atomic E-state index is 0.0648. The average molecular weight is 155 g/mol. The van der Waals surface area contributed by atoms with Gasteiger partial charge in [-0.1, -0.05) is 0 Å². The molecule has 0 spiro atoms. The minimum atomic E-state index is 0.0648. The Labute approximate surface area is 66.5 Å².